The van der Waals surface area contributed by atoms with Crippen molar-refractivity contribution in [2.75, 3.05) is 4.31 Å². The van der Waals surface area contributed by atoms with E-state index in [4.69, 9.17) is 0 Å². The quantitative estimate of drug-likeness (QED) is 0.517. The van der Waals surface area contributed by atoms with Gasteiger partial charge in [0.05, 0.1) is 16.3 Å². The van der Waals surface area contributed by atoms with Crippen LogP contribution in [0.3, 0.4) is 0 Å². The number of hydrogen-bond acceptors (Lipinski definition) is 6. The lowest BCUT2D eigenvalue weighted by Gasteiger charge is -2.22. The van der Waals surface area contributed by atoms with Gasteiger partial charge in [-0.2, -0.15) is 4.31 Å². The topological polar surface area (TPSA) is 105 Å². The van der Waals surface area contributed by atoms with Crippen LogP contribution in [-0.2, 0) is 10.0 Å². The van der Waals surface area contributed by atoms with E-state index in [1.807, 2.05) is 6.92 Å². The summed E-state index contributed by atoms with van der Waals surface area (Å²) >= 11 is 0. The molecule has 0 unspecified atom stereocenters. The second-order valence-corrected chi connectivity index (χ2v) is 8.43. The van der Waals surface area contributed by atoms with Crippen molar-refractivity contribution in [1.29, 1.82) is 0 Å². The molecule has 0 saturated carbocycles. The first-order chi connectivity index (χ1) is 14.9. The summed E-state index contributed by atoms with van der Waals surface area (Å²) in [6.07, 6.45) is 4.80. The fourth-order valence-corrected chi connectivity index (χ4v) is 4.52. The summed E-state index contributed by atoms with van der Waals surface area (Å²) in [5.41, 5.74) is 0.645. The predicted molar refractivity (Wildman–Crippen MR) is 115 cm³/mol. The molecule has 2 aromatic carbocycles. The van der Waals surface area contributed by atoms with Gasteiger partial charge in [-0.1, -0.05) is 18.2 Å². The Balaban J connectivity index is 1.84. The number of pyridine rings is 1. The Morgan fingerprint density at radius 1 is 0.968 bits per heavy atom. The van der Waals surface area contributed by atoms with Crippen LogP contribution in [0.25, 0.3) is 5.69 Å². The van der Waals surface area contributed by atoms with Crippen molar-refractivity contribution >= 4 is 21.6 Å². The number of sulfonamides is 1. The maximum absolute atomic E-state index is 13.5. The van der Waals surface area contributed by atoms with E-state index in [0.717, 1.165) is 0 Å². The number of phenols is 1. The van der Waals surface area contributed by atoms with Gasteiger partial charge >= 0.3 is 0 Å². The van der Waals surface area contributed by atoms with Crippen LogP contribution in [0.15, 0.2) is 90.2 Å². The zero-order chi connectivity index (χ0) is 22.0. The van der Waals surface area contributed by atoms with E-state index >= 15 is 0 Å². The molecule has 0 aliphatic carbocycles. The molecule has 0 saturated heterocycles. The number of aromatic hydroxyl groups is 1. The third kappa shape index (κ3) is 3.90. The molecule has 0 spiro atoms. The Kier molecular flexibility index (Phi) is 5.26. The maximum Gasteiger partial charge on any atom is 0.290 e. The molecule has 4 aromatic rings. The van der Waals surface area contributed by atoms with Crippen LogP contribution >= 0.6 is 0 Å². The molecule has 0 aliphatic rings. The Bertz CT molecular complexity index is 1330. The molecule has 2 aromatic heterocycles. The lowest BCUT2D eigenvalue weighted by molar-refractivity contribution is 0.100. The van der Waals surface area contributed by atoms with Crippen molar-refractivity contribution in [2.24, 2.45) is 0 Å². The minimum absolute atomic E-state index is 0.0435. The van der Waals surface area contributed by atoms with E-state index in [-0.39, 0.29) is 22.0 Å². The average Bonchev–Trinajstić information content (AvgIpc) is 3.21. The predicted octanol–water partition coefficient (Wildman–Crippen LogP) is 3.32. The third-order valence-electron chi connectivity index (χ3n) is 4.62. The van der Waals surface area contributed by atoms with Gasteiger partial charge in [0.15, 0.2) is 0 Å². The number of phenolic OH excluding ortho intramolecular Hbond substituents is 1. The molecule has 0 fully saturated rings. The molecule has 0 bridgehead atoms. The minimum Gasteiger partial charge on any atom is -0.508 e. The molecule has 0 atom stereocenters. The highest BCUT2D eigenvalue weighted by Crippen LogP contribution is 2.27. The summed E-state index contributed by atoms with van der Waals surface area (Å²) in [4.78, 5) is 21.7. The lowest BCUT2D eigenvalue weighted by atomic mass is 10.2. The Morgan fingerprint density at radius 2 is 1.68 bits per heavy atom. The van der Waals surface area contributed by atoms with Crippen LogP contribution in [0.4, 0.5) is 5.69 Å². The number of aryl methyl sites for hydroxylation is 1. The van der Waals surface area contributed by atoms with Crippen LogP contribution in [0.2, 0.25) is 0 Å². The van der Waals surface area contributed by atoms with Crippen LogP contribution in [0.5, 0.6) is 5.75 Å². The summed E-state index contributed by atoms with van der Waals surface area (Å²) in [6, 6.07) is 16.2. The molecule has 1 amide bonds. The van der Waals surface area contributed by atoms with Crippen molar-refractivity contribution in [1.82, 2.24) is 14.5 Å². The standard InChI is InChI=1S/C22H18N4O4S/c1-16-23-13-14-25(16)18-11-12-24-21(15-18)22(28)26(17-7-9-19(27)10-8-17)31(29,30)20-5-3-2-4-6-20/h2-15,27H,1H3. The van der Waals surface area contributed by atoms with Crippen molar-refractivity contribution in [2.45, 2.75) is 11.8 Å². The van der Waals surface area contributed by atoms with Gasteiger partial charge in [0.1, 0.15) is 17.3 Å². The zero-order valence-corrected chi connectivity index (χ0v) is 17.3. The van der Waals surface area contributed by atoms with E-state index in [9.17, 15) is 18.3 Å². The number of imidazole rings is 1. The van der Waals surface area contributed by atoms with Crippen molar-refractivity contribution < 1.29 is 18.3 Å². The van der Waals surface area contributed by atoms with E-state index in [0.29, 0.717) is 15.8 Å². The van der Waals surface area contributed by atoms with Gasteiger partial charge in [0.25, 0.3) is 15.9 Å². The van der Waals surface area contributed by atoms with E-state index in [1.54, 1.807) is 41.2 Å². The van der Waals surface area contributed by atoms with Crippen molar-refractivity contribution in [3.05, 3.63) is 96.8 Å². The number of benzene rings is 2. The number of hydrogen-bond donors (Lipinski definition) is 1. The Hall–Kier alpha value is -3.98. The molecule has 0 radical (unpaired) electrons. The summed E-state index contributed by atoms with van der Waals surface area (Å²) in [6.45, 7) is 1.81. The maximum atomic E-state index is 13.5. The van der Waals surface area contributed by atoms with Crippen LogP contribution in [-0.4, -0.2) is 34.0 Å². The number of carbonyl (C=O) groups is 1. The highest BCUT2D eigenvalue weighted by atomic mass is 32.2. The van der Waals surface area contributed by atoms with Crippen LogP contribution < -0.4 is 4.31 Å². The van der Waals surface area contributed by atoms with Gasteiger partial charge in [-0.3, -0.25) is 9.78 Å². The van der Waals surface area contributed by atoms with E-state index < -0.39 is 15.9 Å². The summed E-state index contributed by atoms with van der Waals surface area (Å²) in [5.74, 6) is -0.171. The van der Waals surface area contributed by atoms with Crippen LogP contribution in [0.1, 0.15) is 16.3 Å². The lowest BCUT2D eigenvalue weighted by Crippen LogP contribution is -2.37. The highest BCUT2D eigenvalue weighted by molar-refractivity contribution is 7.93. The first-order valence-electron chi connectivity index (χ1n) is 9.28. The second kappa shape index (κ2) is 8.04. The van der Waals surface area contributed by atoms with E-state index in [1.165, 1.54) is 48.7 Å². The molecular weight excluding hydrogens is 416 g/mol. The van der Waals surface area contributed by atoms with Crippen molar-refractivity contribution in [3.63, 3.8) is 0 Å². The van der Waals surface area contributed by atoms with Gasteiger partial charge in [0.2, 0.25) is 0 Å². The molecular formula is C22H18N4O4S. The number of aromatic nitrogens is 3. The highest BCUT2D eigenvalue weighted by Gasteiger charge is 2.32. The van der Waals surface area contributed by atoms with Gasteiger partial charge in [-0.25, -0.2) is 13.4 Å². The Labute approximate surface area is 179 Å². The monoisotopic (exact) mass is 434 g/mol. The normalized spacial score (nSPS) is 11.3. The molecule has 31 heavy (non-hydrogen) atoms. The second-order valence-electron chi connectivity index (χ2n) is 6.65. The van der Waals surface area contributed by atoms with Gasteiger partial charge in [0, 0.05) is 18.6 Å². The fourth-order valence-electron chi connectivity index (χ4n) is 3.09. The van der Waals surface area contributed by atoms with Crippen LogP contribution in [0, 0.1) is 6.92 Å². The zero-order valence-electron chi connectivity index (χ0n) is 16.5. The number of nitrogens with zero attached hydrogens (tertiary/aromatic N) is 4. The SMILES string of the molecule is Cc1nccn1-c1ccnc(C(=O)N(c2ccc(O)cc2)S(=O)(=O)c2ccccc2)c1. The molecule has 2 heterocycles. The molecule has 4 rings (SSSR count). The average molecular weight is 434 g/mol. The first kappa shape index (κ1) is 20.3. The smallest absolute Gasteiger partial charge is 0.290 e. The number of rotatable bonds is 5. The van der Waals surface area contributed by atoms with Gasteiger partial charge < -0.3 is 9.67 Å². The molecule has 9 heteroatoms. The van der Waals surface area contributed by atoms with E-state index in [2.05, 4.69) is 9.97 Å². The molecule has 156 valence electrons. The fraction of sp³-hybridized carbons (Fsp3) is 0.0455. The van der Waals surface area contributed by atoms with Gasteiger partial charge in [-0.05, 0) is 55.5 Å². The number of anilines is 1. The first-order valence-corrected chi connectivity index (χ1v) is 10.7. The molecule has 0 aliphatic heterocycles. The molecule has 8 nitrogen and oxygen atoms in total. The largest absolute Gasteiger partial charge is 0.508 e. The van der Waals surface area contributed by atoms with Gasteiger partial charge in [-0.15, -0.1) is 0 Å². The third-order valence-corrected chi connectivity index (χ3v) is 6.34. The summed E-state index contributed by atoms with van der Waals surface area (Å²) in [5, 5.41) is 9.61. The molecule has 1 N–H and O–H groups in total. The minimum atomic E-state index is -4.25. The summed E-state index contributed by atoms with van der Waals surface area (Å²) in [7, 11) is -4.25. The number of amides is 1. The van der Waals surface area contributed by atoms with Crippen molar-refractivity contribution in [3.8, 4) is 11.4 Å². The number of carbonyl (C=O) groups excluding carboxylic acids is 1. The Morgan fingerprint density at radius 3 is 2.32 bits per heavy atom. The summed E-state index contributed by atoms with van der Waals surface area (Å²) < 4.78 is 29.2.